The second kappa shape index (κ2) is 13.7. The SMILES string of the molecule is CCOc1cc(C(=O)NC(=NCc2ccncc2)Nc2cccc(CC)c2)cc(OCC)c1OCC. The number of aliphatic imine (C=N–C) groups is 1. The Hall–Kier alpha value is -4.07. The zero-order valence-corrected chi connectivity index (χ0v) is 21.3. The van der Waals surface area contributed by atoms with E-state index in [4.69, 9.17) is 14.2 Å². The molecule has 0 saturated heterocycles. The molecular formula is C28H34N4O4. The summed E-state index contributed by atoms with van der Waals surface area (Å²) >= 11 is 0. The van der Waals surface area contributed by atoms with Crippen molar-refractivity contribution in [3.05, 3.63) is 77.6 Å². The molecule has 2 aromatic carbocycles. The predicted octanol–water partition coefficient (Wildman–Crippen LogP) is 5.24. The maximum Gasteiger partial charge on any atom is 0.258 e. The Labute approximate surface area is 212 Å². The van der Waals surface area contributed by atoms with E-state index in [2.05, 4.69) is 33.6 Å². The minimum Gasteiger partial charge on any atom is -0.490 e. The predicted molar refractivity (Wildman–Crippen MR) is 142 cm³/mol. The molecule has 190 valence electrons. The number of aryl methyl sites for hydroxylation is 1. The van der Waals surface area contributed by atoms with E-state index in [1.807, 2.05) is 51.1 Å². The van der Waals surface area contributed by atoms with Crippen LogP contribution in [0.2, 0.25) is 0 Å². The zero-order chi connectivity index (χ0) is 25.8. The molecule has 0 aliphatic carbocycles. The average molecular weight is 491 g/mol. The van der Waals surface area contributed by atoms with Crippen molar-refractivity contribution < 1.29 is 19.0 Å². The third-order valence-corrected chi connectivity index (χ3v) is 5.17. The minimum atomic E-state index is -0.354. The van der Waals surface area contributed by atoms with E-state index in [0.29, 0.717) is 55.1 Å². The fourth-order valence-electron chi connectivity index (χ4n) is 3.47. The van der Waals surface area contributed by atoms with Crippen molar-refractivity contribution in [3.8, 4) is 17.2 Å². The molecule has 0 bridgehead atoms. The molecule has 0 unspecified atom stereocenters. The van der Waals surface area contributed by atoms with Gasteiger partial charge in [-0.05, 0) is 74.7 Å². The van der Waals surface area contributed by atoms with E-state index in [1.165, 1.54) is 5.56 Å². The topological polar surface area (TPSA) is 94.1 Å². The van der Waals surface area contributed by atoms with Gasteiger partial charge in [-0.25, -0.2) is 4.99 Å². The molecule has 0 saturated carbocycles. The molecule has 0 aliphatic rings. The molecule has 1 amide bonds. The van der Waals surface area contributed by atoms with Crippen molar-refractivity contribution >= 4 is 17.6 Å². The Kier molecular flexibility index (Phi) is 10.1. The normalized spacial score (nSPS) is 11.1. The van der Waals surface area contributed by atoms with Gasteiger partial charge in [-0.15, -0.1) is 0 Å². The lowest BCUT2D eigenvalue weighted by Crippen LogP contribution is -2.36. The monoisotopic (exact) mass is 490 g/mol. The molecule has 0 fully saturated rings. The maximum atomic E-state index is 13.4. The fourth-order valence-corrected chi connectivity index (χ4v) is 3.47. The van der Waals surface area contributed by atoms with Gasteiger partial charge in [0.1, 0.15) is 0 Å². The first-order valence-corrected chi connectivity index (χ1v) is 12.2. The summed E-state index contributed by atoms with van der Waals surface area (Å²) in [5.41, 5.74) is 3.35. The summed E-state index contributed by atoms with van der Waals surface area (Å²) in [6.45, 7) is 9.39. The molecule has 8 heteroatoms. The van der Waals surface area contributed by atoms with Crippen LogP contribution in [-0.2, 0) is 13.0 Å². The fraction of sp³-hybridized carbons (Fsp3) is 0.321. The highest BCUT2D eigenvalue weighted by atomic mass is 16.5. The molecule has 8 nitrogen and oxygen atoms in total. The number of nitrogens with one attached hydrogen (secondary N) is 2. The largest absolute Gasteiger partial charge is 0.490 e. The molecule has 1 aromatic heterocycles. The third-order valence-electron chi connectivity index (χ3n) is 5.17. The number of hydrogen-bond donors (Lipinski definition) is 2. The summed E-state index contributed by atoms with van der Waals surface area (Å²) < 4.78 is 17.3. The van der Waals surface area contributed by atoms with Gasteiger partial charge in [0.25, 0.3) is 5.91 Å². The van der Waals surface area contributed by atoms with E-state index in [1.54, 1.807) is 24.5 Å². The molecule has 0 atom stereocenters. The lowest BCUT2D eigenvalue weighted by Gasteiger charge is -2.17. The zero-order valence-electron chi connectivity index (χ0n) is 21.3. The van der Waals surface area contributed by atoms with Crippen LogP contribution in [0.1, 0.15) is 49.2 Å². The van der Waals surface area contributed by atoms with Gasteiger partial charge < -0.3 is 19.5 Å². The van der Waals surface area contributed by atoms with Crippen molar-refractivity contribution in [2.75, 3.05) is 25.1 Å². The molecule has 2 N–H and O–H groups in total. The number of aromatic nitrogens is 1. The number of rotatable bonds is 11. The van der Waals surface area contributed by atoms with E-state index >= 15 is 0 Å². The number of ether oxygens (including phenoxy) is 3. The summed E-state index contributed by atoms with van der Waals surface area (Å²) in [6.07, 6.45) is 4.33. The Balaban J connectivity index is 1.92. The van der Waals surface area contributed by atoms with Gasteiger partial charge in [0, 0.05) is 23.6 Å². The molecule has 36 heavy (non-hydrogen) atoms. The molecular weight excluding hydrogens is 456 g/mol. The number of amides is 1. The number of nitrogens with zero attached hydrogens (tertiary/aromatic N) is 2. The van der Waals surface area contributed by atoms with Crippen LogP contribution in [0.15, 0.2) is 65.9 Å². The van der Waals surface area contributed by atoms with Gasteiger partial charge in [0.05, 0.1) is 26.4 Å². The minimum absolute atomic E-state index is 0.329. The first kappa shape index (κ1) is 26.5. The summed E-state index contributed by atoms with van der Waals surface area (Å²) in [5.74, 6) is 1.37. The number of pyridine rings is 1. The molecule has 3 rings (SSSR count). The average Bonchev–Trinajstić information content (AvgIpc) is 2.90. The Morgan fingerprint density at radius 1 is 0.861 bits per heavy atom. The van der Waals surface area contributed by atoms with Crippen molar-refractivity contribution in [3.63, 3.8) is 0 Å². The third kappa shape index (κ3) is 7.46. The smallest absolute Gasteiger partial charge is 0.258 e. The van der Waals surface area contributed by atoms with Crippen LogP contribution in [0.4, 0.5) is 5.69 Å². The van der Waals surface area contributed by atoms with E-state index in [9.17, 15) is 4.79 Å². The lowest BCUT2D eigenvalue weighted by molar-refractivity contribution is 0.0975. The highest BCUT2D eigenvalue weighted by Crippen LogP contribution is 2.39. The molecule has 0 radical (unpaired) electrons. The second-order valence-corrected chi connectivity index (χ2v) is 7.75. The van der Waals surface area contributed by atoms with Crippen molar-refractivity contribution in [1.29, 1.82) is 0 Å². The first-order chi connectivity index (χ1) is 17.6. The maximum absolute atomic E-state index is 13.4. The second-order valence-electron chi connectivity index (χ2n) is 7.75. The lowest BCUT2D eigenvalue weighted by atomic mass is 10.1. The Bertz CT molecular complexity index is 1140. The summed E-state index contributed by atoms with van der Waals surface area (Å²) in [6, 6.07) is 15.1. The van der Waals surface area contributed by atoms with Crippen LogP contribution in [0.5, 0.6) is 17.2 Å². The van der Waals surface area contributed by atoms with Gasteiger partial charge in [-0.3, -0.25) is 15.1 Å². The van der Waals surface area contributed by atoms with Gasteiger partial charge >= 0.3 is 0 Å². The number of benzene rings is 2. The van der Waals surface area contributed by atoms with E-state index in [-0.39, 0.29) is 5.91 Å². The van der Waals surface area contributed by atoms with Crippen LogP contribution in [0.25, 0.3) is 0 Å². The molecule has 1 heterocycles. The van der Waals surface area contributed by atoms with Gasteiger partial charge in [-0.1, -0.05) is 19.1 Å². The summed E-state index contributed by atoms with van der Waals surface area (Å²) in [5, 5.41) is 6.16. The molecule has 3 aromatic rings. The van der Waals surface area contributed by atoms with Gasteiger partial charge in [0.15, 0.2) is 11.5 Å². The Morgan fingerprint density at radius 2 is 1.53 bits per heavy atom. The van der Waals surface area contributed by atoms with Crippen LogP contribution in [-0.4, -0.2) is 36.7 Å². The molecule has 0 spiro atoms. The van der Waals surface area contributed by atoms with Gasteiger partial charge in [-0.2, -0.15) is 0 Å². The van der Waals surface area contributed by atoms with Gasteiger partial charge in [0.2, 0.25) is 11.7 Å². The van der Waals surface area contributed by atoms with Crippen molar-refractivity contribution in [1.82, 2.24) is 10.3 Å². The van der Waals surface area contributed by atoms with E-state index in [0.717, 1.165) is 17.7 Å². The Morgan fingerprint density at radius 3 is 2.14 bits per heavy atom. The first-order valence-electron chi connectivity index (χ1n) is 12.2. The quantitative estimate of drug-likeness (QED) is 0.282. The highest BCUT2D eigenvalue weighted by molar-refractivity contribution is 6.10. The van der Waals surface area contributed by atoms with Crippen molar-refractivity contribution in [2.24, 2.45) is 4.99 Å². The van der Waals surface area contributed by atoms with Crippen LogP contribution < -0.4 is 24.8 Å². The molecule has 0 aliphatic heterocycles. The van der Waals surface area contributed by atoms with Crippen LogP contribution >= 0.6 is 0 Å². The number of hydrogen-bond acceptors (Lipinski definition) is 6. The number of guanidine groups is 1. The standard InChI is InChI=1S/C28H34N4O4/c1-5-20-10-9-11-23(16-20)31-28(30-19-21-12-14-29-15-13-21)32-27(33)22-17-24(34-6-2)26(36-8-4)25(18-22)35-7-3/h9-18H,5-8,19H2,1-4H3,(H2,30,31,32,33). The van der Waals surface area contributed by atoms with E-state index < -0.39 is 0 Å². The summed E-state index contributed by atoms with van der Waals surface area (Å²) in [4.78, 5) is 22.0. The number of carbonyl (C=O) groups excluding carboxylic acids is 1. The number of carbonyl (C=O) groups is 1. The van der Waals surface area contributed by atoms with Crippen molar-refractivity contribution in [2.45, 2.75) is 40.7 Å². The van der Waals surface area contributed by atoms with Crippen LogP contribution in [0.3, 0.4) is 0 Å². The number of anilines is 1. The highest BCUT2D eigenvalue weighted by Gasteiger charge is 2.19. The summed E-state index contributed by atoms with van der Waals surface area (Å²) in [7, 11) is 0. The van der Waals surface area contributed by atoms with Crippen LogP contribution in [0, 0.1) is 0 Å².